The molecular formula is C14H15N5OS. The average Bonchev–Trinajstić information content (AvgIpc) is 3.00. The van der Waals surface area contributed by atoms with Crippen LogP contribution >= 0.6 is 11.3 Å². The molecule has 0 spiro atoms. The molecule has 2 aromatic heterocycles. The van der Waals surface area contributed by atoms with E-state index in [2.05, 4.69) is 21.5 Å². The Bertz CT molecular complexity index is 707. The van der Waals surface area contributed by atoms with Crippen LogP contribution in [-0.2, 0) is 11.3 Å². The van der Waals surface area contributed by atoms with Crippen LogP contribution in [0.25, 0.3) is 6.08 Å². The van der Waals surface area contributed by atoms with Gasteiger partial charge in [-0.25, -0.2) is 9.67 Å². The van der Waals surface area contributed by atoms with Crippen molar-refractivity contribution >= 4 is 29.1 Å². The second-order valence-corrected chi connectivity index (χ2v) is 5.48. The highest BCUT2D eigenvalue weighted by atomic mass is 32.1. The monoisotopic (exact) mass is 301 g/mol. The SMILES string of the molecule is Cc1cc(NC(=O)/C=C/c2csc(C)n2)n(CCC#N)n1. The maximum Gasteiger partial charge on any atom is 0.249 e. The van der Waals surface area contributed by atoms with E-state index < -0.39 is 0 Å². The van der Waals surface area contributed by atoms with Gasteiger partial charge in [0.2, 0.25) is 5.91 Å². The van der Waals surface area contributed by atoms with E-state index in [-0.39, 0.29) is 5.91 Å². The molecule has 0 aromatic carbocycles. The van der Waals surface area contributed by atoms with E-state index in [9.17, 15) is 4.79 Å². The van der Waals surface area contributed by atoms with E-state index in [1.807, 2.05) is 19.2 Å². The Kier molecular flexibility index (Phi) is 4.85. The quantitative estimate of drug-likeness (QED) is 0.860. The first kappa shape index (κ1) is 14.9. The van der Waals surface area contributed by atoms with Crippen molar-refractivity contribution in [1.82, 2.24) is 14.8 Å². The maximum absolute atomic E-state index is 11.9. The lowest BCUT2D eigenvalue weighted by molar-refractivity contribution is -0.111. The minimum Gasteiger partial charge on any atom is -0.307 e. The molecular weight excluding hydrogens is 286 g/mol. The Morgan fingerprint density at radius 3 is 3.05 bits per heavy atom. The molecule has 0 saturated carbocycles. The van der Waals surface area contributed by atoms with Gasteiger partial charge in [-0.15, -0.1) is 11.3 Å². The number of nitrogens with zero attached hydrogens (tertiary/aromatic N) is 4. The standard InChI is InChI=1S/C14H15N5OS/c1-10-8-13(19(18-10)7-3-6-15)17-14(20)5-4-12-9-21-11(2)16-12/h4-5,8-9H,3,7H2,1-2H3,(H,17,20)/b5-4+. The van der Waals surface area contributed by atoms with Crippen LogP contribution < -0.4 is 5.32 Å². The van der Waals surface area contributed by atoms with E-state index in [1.165, 1.54) is 17.4 Å². The van der Waals surface area contributed by atoms with E-state index in [0.717, 1.165) is 16.4 Å². The topological polar surface area (TPSA) is 83.6 Å². The molecule has 2 aromatic rings. The summed E-state index contributed by atoms with van der Waals surface area (Å²) >= 11 is 1.54. The van der Waals surface area contributed by atoms with Gasteiger partial charge in [0, 0.05) is 17.5 Å². The first-order valence-electron chi connectivity index (χ1n) is 6.41. The highest BCUT2D eigenvalue weighted by Gasteiger charge is 2.07. The van der Waals surface area contributed by atoms with Gasteiger partial charge in [-0.05, 0) is 19.9 Å². The molecule has 1 N–H and O–H groups in total. The molecule has 0 atom stereocenters. The van der Waals surface area contributed by atoms with Crippen molar-refractivity contribution in [2.24, 2.45) is 0 Å². The summed E-state index contributed by atoms with van der Waals surface area (Å²) in [5, 5.41) is 18.5. The molecule has 21 heavy (non-hydrogen) atoms. The van der Waals surface area contributed by atoms with Gasteiger partial charge >= 0.3 is 0 Å². The summed E-state index contributed by atoms with van der Waals surface area (Å²) in [5.41, 5.74) is 1.56. The number of hydrogen-bond donors (Lipinski definition) is 1. The molecule has 6 nitrogen and oxygen atoms in total. The largest absolute Gasteiger partial charge is 0.307 e. The molecule has 0 bridgehead atoms. The summed E-state index contributed by atoms with van der Waals surface area (Å²) in [6, 6.07) is 3.83. The zero-order valence-corrected chi connectivity index (χ0v) is 12.6. The molecule has 0 radical (unpaired) electrons. The molecule has 0 aliphatic carbocycles. The number of rotatable bonds is 5. The van der Waals surface area contributed by atoms with E-state index in [1.54, 1.807) is 16.8 Å². The molecule has 0 unspecified atom stereocenters. The number of hydrogen-bond acceptors (Lipinski definition) is 5. The first-order chi connectivity index (χ1) is 10.1. The summed E-state index contributed by atoms with van der Waals surface area (Å²) in [7, 11) is 0. The van der Waals surface area contributed by atoms with Crippen molar-refractivity contribution in [2.45, 2.75) is 26.8 Å². The van der Waals surface area contributed by atoms with Crippen molar-refractivity contribution in [3.63, 3.8) is 0 Å². The predicted octanol–water partition coefficient (Wildman–Crippen LogP) is 2.52. The number of aryl methyl sites for hydroxylation is 3. The number of carbonyl (C=O) groups excluding carboxylic acids is 1. The molecule has 7 heteroatoms. The lowest BCUT2D eigenvalue weighted by Crippen LogP contribution is -2.13. The smallest absolute Gasteiger partial charge is 0.249 e. The van der Waals surface area contributed by atoms with Crippen LogP contribution in [0.5, 0.6) is 0 Å². The number of nitrogens with one attached hydrogen (secondary N) is 1. The highest BCUT2D eigenvalue weighted by molar-refractivity contribution is 7.09. The van der Waals surface area contributed by atoms with Gasteiger partial charge in [-0.3, -0.25) is 4.79 Å². The van der Waals surface area contributed by atoms with E-state index >= 15 is 0 Å². The number of aromatic nitrogens is 3. The Morgan fingerprint density at radius 1 is 1.57 bits per heavy atom. The number of carbonyl (C=O) groups is 1. The van der Waals surface area contributed by atoms with Gasteiger partial charge in [0.05, 0.1) is 35.4 Å². The van der Waals surface area contributed by atoms with Gasteiger partial charge in [0.1, 0.15) is 5.82 Å². The third kappa shape index (κ3) is 4.26. The second-order valence-electron chi connectivity index (χ2n) is 4.42. The van der Waals surface area contributed by atoms with Crippen LogP contribution in [-0.4, -0.2) is 20.7 Å². The van der Waals surface area contributed by atoms with Gasteiger partial charge in [-0.2, -0.15) is 10.4 Å². The number of thiazole rings is 1. The highest BCUT2D eigenvalue weighted by Crippen LogP contribution is 2.12. The fourth-order valence-corrected chi connectivity index (χ4v) is 2.34. The van der Waals surface area contributed by atoms with Crippen molar-refractivity contribution in [3.05, 3.63) is 33.9 Å². The number of amides is 1. The molecule has 1 amide bonds. The fraction of sp³-hybridized carbons (Fsp3) is 0.286. The normalized spacial score (nSPS) is 10.7. The van der Waals surface area contributed by atoms with Crippen molar-refractivity contribution in [2.75, 3.05) is 5.32 Å². The third-order valence-corrected chi connectivity index (χ3v) is 3.42. The van der Waals surface area contributed by atoms with E-state index in [0.29, 0.717) is 18.8 Å². The van der Waals surface area contributed by atoms with Gasteiger partial charge in [0.15, 0.2) is 0 Å². The summed E-state index contributed by atoms with van der Waals surface area (Å²) in [4.78, 5) is 16.1. The lowest BCUT2D eigenvalue weighted by Gasteiger charge is -2.04. The molecule has 0 fully saturated rings. The molecule has 2 rings (SSSR count). The van der Waals surface area contributed by atoms with Crippen LogP contribution in [0.1, 0.15) is 22.8 Å². The first-order valence-corrected chi connectivity index (χ1v) is 7.29. The van der Waals surface area contributed by atoms with E-state index in [4.69, 9.17) is 5.26 Å². The van der Waals surface area contributed by atoms with Crippen LogP contribution in [0.2, 0.25) is 0 Å². The lowest BCUT2D eigenvalue weighted by atomic mass is 10.4. The summed E-state index contributed by atoms with van der Waals surface area (Å²) in [6.07, 6.45) is 3.45. The Hall–Kier alpha value is -2.46. The molecule has 0 aliphatic rings. The molecule has 108 valence electrons. The number of nitriles is 1. The third-order valence-electron chi connectivity index (χ3n) is 2.63. The van der Waals surface area contributed by atoms with Crippen molar-refractivity contribution in [1.29, 1.82) is 5.26 Å². The molecule has 0 aliphatic heterocycles. The van der Waals surface area contributed by atoms with Crippen LogP contribution in [0.3, 0.4) is 0 Å². The Labute approximate surface area is 126 Å². The fourth-order valence-electron chi connectivity index (χ4n) is 1.76. The average molecular weight is 301 g/mol. The Morgan fingerprint density at radius 2 is 2.38 bits per heavy atom. The zero-order chi connectivity index (χ0) is 15.2. The molecule has 0 saturated heterocycles. The maximum atomic E-state index is 11.9. The second kappa shape index (κ2) is 6.81. The summed E-state index contributed by atoms with van der Waals surface area (Å²) in [6.45, 7) is 4.21. The summed E-state index contributed by atoms with van der Waals surface area (Å²) in [5.74, 6) is 0.339. The number of anilines is 1. The zero-order valence-electron chi connectivity index (χ0n) is 11.8. The van der Waals surface area contributed by atoms with Gasteiger partial charge < -0.3 is 5.32 Å². The van der Waals surface area contributed by atoms with Crippen LogP contribution in [0, 0.1) is 25.2 Å². The summed E-state index contributed by atoms with van der Waals surface area (Å²) < 4.78 is 1.62. The van der Waals surface area contributed by atoms with Crippen molar-refractivity contribution in [3.8, 4) is 6.07 Å². The van der Waals surface area contributed by atoms with Crippen molar-refractivity contribution < 1.29 is 4.79 Å². The molecule has 2 heterocycles. The van der Waals surface area contributed by atoms with Gasteiger partial charge in [0.25, 0.3) is 0 Å². The van der Waals surface area contributed by atoms with Crippen LogP contribution in [0.15, 0.2) is 17.5 Å². The van der Waals surface area contributed by atoms with Gasteiger partial charge in [-0.1, -0.05) is 0 Å². The minimum atomic E-state index is -0.251. The Balaban J connectivity index is 2.02. The predicted molar refractivity (Wildman–Crippen MR) is 81.7 cm³/mol. The minimum absolute atomic E-state index is 0.251. The van der Waals surface area contributed by atoms with Crippen LogP contribution in [0.4, 0.5) is 5.82 Å².